The quantitative estimate of drug-likeness (QED) is 0.346. The van der Waals surface area contributed by atoms with E-state index in [2.05, 4.69) is 98.8 Å². The molecule has 0 radical (unpaired) electrons. The van der Waals surface area contributed by atoms with Crippen LogP contribution < -0.4 is 0 Å². The van der Waals surface area contributed by atoms with Crippen LogP contribution in [0, 0.1) is 0 Å². The smallest absolute Gasteiger partial charge is 0.0836 e. The average Bonchev–Trinajstić information content (AvgIpc) is 2.74. The molecule has 4 rings (SSSR count). The first-order valence-corrected chi connectivity index (χ1v) is 9.92. The first-order valence-electron chi connectivity index (χ1n) is 9.92. The van der Waals surface area contributed by atoms with Crippen molar-refractivity contribution < 1.29 is 4.74 Å². The van der Waals surface area contributed by atoms with Crippen LogP contribution in [-0.4, -0.2) is 0 Å². The van der Waals surface area contributed by atoms with Crippen molar-refractivity contribution in [1.29, 1.82) is 0 Å². The summed E-state index contributed by atoms with van der Waals surface area (Å²) < 4.78 is 6.74. The van der Waals surface area contributed by atoms with Gasteiger partial charge in [0.25, 0.3) is 0 Å². The second-order valence-electron chi connectivity index (χ2n) is 7.07. The maximum atomic E-state index is 6.74. The van der Waals surface area contributed by atoms with Crippen molar-refractivity contribution in [3.63, 3.8) is 0 Å². The van der Waals surface area contributed by atoms with Crippen molar-refractivity contribution in [3.8, 4) is 0 Å². The lowest BCUT2D eigenvalue weighted by atomic mass is 9.96. The maximum Gasteiger partial charge on any atom is 0.0836 e. The summed E-state index contributed by atoms with van der Waals surface area (Å²) in [5.41, 5.74) is 2.57. The van der Waals surface area contributed by atoms with Gasteiger partial charge in [0.05, 0.1) is 12.2 Å². The topological polar surface area (TPSA) is 9.23 Å². The van der Waals surface area contributed by atoms with Crippen LogP contribution in [0.3, 0.4) is 0 Å². The molecule has 0 aliphatic carbocycles. The molecule has 1 heteroatoms. The van der Waals surface area contributed by atoms with E-state index < -0.39 is 0 Å². The number of fused-ring (bicyclic) bond motifs is 2. The highest BCUT2D eigenvalue weighted by atomic mass is 16.5. The van der Waals surface area contributed by atoms with Gasteiger partial charge < -0.3 is 4.74 Å². The molecule has 0 heterocycles. The molecule has 0 aromatic heterocycles. The summed E-state index contributed by atoms with van der Waals surface area (Å²) in [6, 6.07) is 30.2. The zero-order valence-electron chi connectivity index (χ0n) is 16.1. The summed E-state index contributed by atoms with van der Waals surface area (Å²) in [4.78, 5) is 0. The molecule has 0 aliphatic rings. The third-order valence-electron chi connectivity index (χ3n) is 5.41. The van der Waals surface area contributed by atoms with E-state index in [1.54, 1.807) is 0 Å². The molecule has 2 atom stereocenters. The zero-order chi connectivity index (χ0) is 18.6. The van der Waals surface area contributed by atoms with Crippen LogP contribution in [-0.2, 0) is 4.74 Å². The zero-order valence-corrected chi connectivity index (χ0v) is 16.1. The van der Waals surface area contributed by atoms with E-state index in [-0.39, 0.29) is 12.2 Å². The van der Waals surface area contributed by atoms with Crippen LogP contribution in [0.15, 0.2) is 84.9 Å². The molecule has 0 aliphatic heterocycles. The summed E-state index contributed by atoms with van der Waals surface area (Å²) in [5.74, 6) is 0. The first-order chi connectivity index (χ1) is 13.3. The fourth-order valence-electron chi connectivity index (χ4n) is 4.04. The normalized spacial score (nSPS) is 13.7. The Labute approximate surface area is 161 Å². The lowest BCUT2D eigenvalue weighted by Gasteiger charge is -2.26. The summed E-state index contributed by atoms with van der Waals surface area (Å²) in [7, 11) is 0. The van der Waals surface area contributed by atoms with Crippen molar-refractivity contribution in [3.05, 3.63) is 96.1 Å². The van der Waals surface area contributed by atoms with E-state index >= 15 is 0 Å². The third-order valence-corrected chi connectivity index (χ3v) is 5.41. The van der Waals surface area contributed by atoms with Crippen LogP contribution >= 0.6 is 0 Å². The number of ether oxygens (including phenoxy) is 1. The minimum atomic E-state index is 0.0834. The Morgan fingerprint density at radius 2 is 0.963 bits per heavy atom. The Balaban J connectivity index is 1.73. The Bertz CT molecular complexity index is 954. The number of hydrogen-bond donors (Lipinski definition) is 0. The number of benzene rings is 4. The molecule has 0 spiro atoms. The van der Waals surface area contributed by atoms with E-state index in [4.69, 9.17) is 4.74 Å². The molecule has 1 nitrogen and oxygen atoms in total. The predicted molar refractivity (Wildman–Crippen MR) is 115 cm³/mol. The van der Waals surface area contributed by atoms with Gasteiger partial charge >= 0.3 is 0 Å². The van der Waals surface area contributed by atoms with Crippen LogP contribution in [0.25, 0.3) is 21.5 Å². The van der Waals surface area contributed by atoms with Crippen molar-refractivity contribution in [2.75, 3.05) is 0 Å². The minimum absolute atomic E-state index is 0.0834. The SMILES string of the molecule is CCC(OC(CC)c1cccc2ccccc12)c1cccc2ccccc12. The highest BCUT2D eigenvalue weighted by Crippen LogP contribution is 2.36. The molecule has 4 aromatic rings. The molecule has 0 N–H and O–H groups in total. The lowest BCUT2D eigenvalue weighted by molar-refractivity contribution is -0.0176. The summed E-state index contributed by atoms with van der Waals surface area (Å²) >= 11 is 0. The Hall–Kier alpha value is -2.64. The van der Waals surface area contributed by atoms with Gasteiger partial charge in [-0.1, -0.05) is 98.8 Å². The third kappa shape index (κ3) is 3.48. The van der Waals surface area contributed by atoms with Gasteiger partial charge in [-0.3, -0.25) is 0 Å². The van der Waals surface area contributed by atoms with E-state index in [0.717, 1.165) is 12.8 Å². The van der Waals surface area contributed by atoms with Crippen LogP contribution in [0.2, 0.25) is 0 Å². The molecule has 4 aromatic carbocycles. The molecule has 0 bridgehead atoms. The van der Waals surface area contributed by atoms with E-state index in [1.807, 2.05) is 0 Å². The predicted octanol–water partition coefficient (Wildman–Crippen LogP) is 7.61. The second kappa shape index (κ2) is 7.94. The number of hydrogen-bond acceptors (Lipinski definition) is 1. The minimum Gasteiger partial charge on any atom is -0.366 e. The van der Waals surface area contributed by atoms with Crippen molar-refractivity contribution in [1.82, 2.24) is 0 Å². The lowest BCUT2D eigenvalue weighted by Crippen LogP contribution is -2.10. The van der Waals surface area contributed by atoms with E-state index in [9.17, 15) is 0 Å². The Kier molecular flexibility index (Phi) is 5.22. The monoisotopic (exact) mass is 354 g/mol. The van der Waals surface area contributed by atoms with Gasteiger partial charge in [-0.2, -0.15) is 0 Å². The fraction of sp³-hybridized carbons (Fsp3) is 0.231. The second-order valence-corrected chi connectivity index (χ2v) is 7.07. The standard InChI is InChI=1S/C26H26O/c1-3-25(23-17-9-13-19-11-5-7-15-21(19)23)27-26(4-2)24-18-10-14-20-12-6-8-16-22(20)24/h5-18,25-26H,3-4H2,1-2H3. The van der Waals surface area contributed by atoms with Gasteiger partial charge in [-0.15, -0.1) is 0 Å². The van der Waals surface area contributed by atoms with Gasteiger partial charge in [0.15, 0.2) is 0 Å². The van der Waals surface area contributed by atoms with Gasteiger partial charge in [0.2, 0.25) is 0 Å². The Morgan fingerprint density at radius 3 is 1.41 bits per heavy atom. The molecule has 0 fully saturated rings. The van der Waals surface area contributed by atoms with E-state index in [1.165, 1.54) is 32.7 Å². The molecule has 27 heavy (non-hydrogen) atoms. The number of rotatable bonds is 6. The van der Waals surface area contributed by atoms with Gasteiger partial charge in [-0.05, 0) is 45.5 Å². The largest absolute Gasteiger partial charge is 0.366 e. The summed E-state index contributed by atoms with van der Waals surface area (Å²) in [6.45, 7) is 4.42. The van der Waals surface area contributed by atoms with Crippen LogP contribution in [0.4, 0.5) is 0 Å². The molecule has 136 valence electrons. The molecule has 0 saturated carbocycles. The molecule has 0 amide bonds. The molecule has 2 unspecified atom stereocenters. The first kappa shape index (κ1) is 17.8. The van der Waals surface area contributed by atoms with Crippen LogP contribution in [0.1, 0.15) is 50.0 Å². The van der Waals surface area contributed by atoms with Gasteiger partial charge in [0.1, 0.15) is 0 Å². The maximum absolute atomic E-state index is 6.74. The molecular formula is C26H26O. The highest BCUT2D eigenvalue weighted by Gasteiger charge is 2.20. The summed E-state index contributed by atoms with van der Waals surface area (Å²) in [5, 5.41) is 5.13. The Morgan fingerprint density at radius 1 is 0.556 bits per heavy atom. The molecular weight excluding hydrogens is 328 g/mol. The van der Waals surface area contributed by atoms with Crippen molar-refractivity contribution in [2.24, 2.45) is 0 Å². The molecule has 0 saturated heterocycles. The fourth-order valence-corrected chi connectivity index (χ4v) is 4.04. The van der Waals surface area contributed by atoms with Crippen molar-refractivity contribution in [2.45, 2.75) is 38.9 Å². The summed E-state index contributed by atoms with van der Waals surface area (Å²) in [6.07, 6.45) is 2.07. The van der Waals surface area contributed by atoms with Crippen molar-refractivity contribution >= 4 is 21.5 Å². The van der Waals surface area contributed by atoms with Gasteiger partial charge in [0, 0.05) is 0 Å². The average molecular weight is 354 g/mol. The highest BCUT2D eigenvalue weighted by molar-refractivity contribution is 5.87. The van der Waals surface area contributed by atoms with Crippen LogP contribution in [0.5, 0.6) is 0 Å². The van der Waals surface area contributed by atoms with Gasteiger partial charge in [-0.25, -0.2) is 0 Å². The van der Waals surface area contributed by atoms with E-state index in [0.29, 0.717) is 0 Å².